The Morgan fingerprint density at radius 3 is 2.75 bits per heavy atom. The first-order valence-electron chi connectivity index (χ1n) is 6.59. The summed E-state index contributed by atoms with van der Waals surface area (Å²) in [6.45, 7) is 8.24. The van der Waals surface area contributed by atoms with E-state index in [2.05, 4.69) is 20.8 Å². The number of carbonyl (C=O) groups is 1. The van der Waals surface area contributed by atoms with Crippen molar-refractivity contribution in [3.8, 4) is 0 Å². The zero-order valence-electron chi connectivity index (χ0n) is 10.9. The molecule has 16 heavy (non-hydrogen) atoms. The second-order valence-corrected chi connectivity index (χ2v) is 5.44. The first kappa shape index (κ1) is 13.5. The van der Waals surface area contributed by atoms with Crippen LogP contribution in [-0.4, -0.2) is 29.9 Å². The van der Waals surface area contributed by atoms with Crippen LogP contribution in [0.5, 0.6) is 0 Å². The molecule has 1 rings (SSSR count). The summed E-state index contributed by atoms with van der Waals surface area (Å²) in [5.41, 5.74) is 5.94. The number of amides is 1. The summed E-state index contributed by atoms with van der Waals surface area (Å²) < 4.78 is 0. The van der Waals surface area contributed by atoms with E-state index < -0.39 is 0 Å². The molecular weight excluding hydrogens is 200 g/mol. The van der Waals surface area contributed by atoms with E-state index in [0.717, 1.165) is 25.9 Å². The maximum absolute atomic E-state index is 12.1. The number of hydrogen-bond donors (Lipinski definition) is 1. The average molecular weight is 226 g/mol. The molecule has 2 atom stereocenters. The lowest BCUT2D eigenvalue weighted by Crippen LogP contribution is -2.48. The van der Waals surface area contributed by atoms with E-state index in [4.69, 9.17) is 5.73 Å². The summed E-state index contributed by atoms with van der Waals surface area (Å²) in [6, 6.07) is -0.296. The number of nitrogens with two attached hydrogens (primary N) is 1. The van der Waals surface area contributed by atoms with Crippen LogP contribution in [0.3, 0.4) is 0 Å². The highest BCUT2D eigenvalue weighted by Gasteiger charge is 2.26. The molecule has 0 aromatic rings. The van der Waals surface area contributed by atoms with Gasteiger partial charge < -0.3 is 10.6 Å². The quantitative estimate of drug-likeness (QED) is 0.797. The zero-order chi connectivity index (χ0) is 12.1. The molecule has 94 valence electrons. The SMILES string of the molecule is CCC1CCCN(C(=O)C(N)CC(C)C)C1. The second-order valence-electron chi connectivity index (χ2n) is 5.44. The second kappa shape index (κ2) is 6.24. The summed E-state index contributed by atoms with van der Waals surface area (Å²) in [4.78, 5) is 14.1. The highest BCUT2D eigenvalue weighted by Crippen LogP contribution is 2.20. The molecule has 1 fully saturated rings. The Morgan fingerprint density at radius 2 is 2.19 bits per heavy atom. The van der Waals surface area contributed by atoms with E-state index in [1.807, 2.05) is 4.90 Å². The third-order valence-corrected chi connectivity index (χ3v) is 3.45. The molecule has 0 aliphatic carbocycles. The van der Waals surface area contributed by atoms with Gasteiger partial charge in [0, 0.05) is 13.1 Å². The fourth-order valence-electron chi connectivity index (χ4n) is 2.44. The van der Waals surface area contributed by atoms with Gasteiger partial charge in [-0.2, -0.15) is 0 Å². The fraction of sp³-hybridized carbons (Fsp3) is 0.923. The maximum Gasteiger partial charge on any atom is 0.239 e. The fourth-order valence-corrected chi connectivity index (χ4v) is 2.44. The van der Waals surface area contributed by atoms with Crippen molar-refractivity contribution in [2.45, 2.75) is 52.5 Å². The van der Waals surface area contributed by atoms with Gasteiger partial charge in [0.25, 0.3) is 0 Å². The Bertz CT molecular complexity index is 228. The number of piperidine rings is 1. The Hall–Kier alpha value is -0.570. The van der Waals surface area contributed by atoms with Crippen LogP contribution in [-0.2, 0) is 4.79 Å². The molecule has 0 bridgehead atoms. The van der Waals surface area contributed by atoms with E-state index in [-0.39, 0.29) is 11.9 Å². The van der Waals surface area contributed by atoms with Crippen LogP contribution in [0.25, 0.3) is 0 Å². The first-order chi connectivity index (χ1) is 7.54. The van der Waals surface area contributed by atoms with Gasteiger partial charge in [-0.15, -0.1) is 0 Å². The van der Waals surface area contributed by atoms with Crippen molar-refractivity contribution in [1.82, 2.24) is 4.90 Å². The largest absolute Gasteiger partial charge is 0.341 e. The van der Waals surface area contributed by atoms with Crippen LogP contribution in [0.15, 0.2) is 0 Å². The minimum absolute atomic E-state index is 0.159. The number of carbonyl (C=O) groups excluding carboxylic acids is 1. The number of rotatable bonds is 4. The van der Waals surface area contributed by atoms with Gasteiger partial charge in [-0.05, 0) is 31.1 Å². The van der Waals surface area contributed by atoms with Crippen LogP contribution in [0, 0.1) is 11.8 Å². The van der Waals surface area contributed by atoms with Gasteiger partial charge in [0.15, 0.2) is 0 Å². The molecule has 0 aromatic carbocycles. The average Bonchev–Trinajstić information content (AvgIpc) is 2.27. The number of hydrogen-bond acceptors (Lipinski definition) is 2. The van der Waals surface area contributed by atoms with Crippen LogP contribution in [0.4, 0.5) is 0 Å². The maximum atomic E-state index is 12.1. The molecule has 1 aliphatic heterocycles. The van der Waals surface area contributed by atoms with Gasteiger partial charge in [-0.1, -0.05) is 27.2 Å². The summed E-state index contributed by atoms with van der Waals surface area (Å²) >= 11 is 0. The van der Waals surface area contributed by atoms with Crippen molar-refractivity contribution in [3.63, 3.8) is 0 Å². The van der Waals surface area contributed by atoms with E-state index in [1.54, 1.807) is 0 Å². The molecule has 1 heterocycles. The first-order valence-corrected chi connectivity index (χ1v) is 6.59. The predicted octanol–water partition coefficient (Wildman–Crippen LogP) is 2.01. The minimum atomic E-state index is -0.296. The van der Waals surface area contributed by atoms with Gasteiger partial charge in [-0.25, -0.2) is 0 Å². The Morgan fingerprint density at radius 1 is 1.50 bits per heavy atom. The predicted molar refractivity (Wildman–Crippen MR) is 67.0 cm³/mol. The van der Waals surface area contributed by atoms with Crippen LogP contribution in [0.2, 0.25) is 0 Å². The lowest BCUT2D eigenvalue weighted by Gasteiger charge is -2.34. The molecule has 1 amide bonds. The van der Waals surface area contributed by atoms with Gasteiger partial charge in [0.2, 0.25) is 5.91 Å². The van der Waals surface area contributed by atoms with E-state index in [9.17, 15) is 4.79 Å². The molecule has 3 heteroatoms. The van der Waals surface area contributed by atoms with Gasteiger partial charge in [0.05, 0.1) is 6.04 Å². The summed E-state index contributed by atoms with van der Waals surface area (Å²) in [6.07, 6.45) is 4.37. The highest BCUT2D eigenvalue weighted by molar-refractivity contribution is 5.81. The molecule has 1 saturated heterocycles. The van der Waals surface area contributed by atoms with Crippen molar-refractivity contribution in [1.29, 1.82) is 0 Å². The topological polar surface area (TPSA) is 46.3 Å². The monoisotopic (exact) mass is 226 g/mol. The summed E-state index contributed by atoms with van der Waals surface area (Å²) in [7, 11) is 0. The standard InChI is InChI=1S/C13H26N2O/c1-4-11-6-5-7-15(9-11)13(16)12(14)8-10(2)3/h10-12H,4-9,14H2,1-3H3. The van der Waals surface area contributed by atoms with Crippen molar-refractivity contribution in [3.05, 3.63) is 0 Å². The van der Waals surface area contributed by atoms with Crippen molar-refractivity contribution < 1.29 is 4.79 Å². The van der Waals surface area contributed by atoms with Crippen LogP contribution in [0.1, 0.15) is 46.5 Å². The van der Waals surface area contributed by atoms with E-state index >= 15 is 0 Å². The van der Waals surface area contributed by atoms with Crippen LogP contribution < -0.4 is 5.73 Å². The third-order valence-electron chi connectivity index (χ3n) is 3.45. The van der Waals surface area contributed by atoms with E-state index in [0.29, 0.717) is 11.8 Å². The Labute approximate surface area is 99.4 Å². The molecule has 0 radical (unpaired) electrons. The van der Waals surface area contributed by atoms with Gasteiger partial charge in [-0.3, -0.25) is 4.79 Å². The Balaban J connectivity index is 2.46. The molecule has 0 aromatic heterocycles. The van der Waals surface area contributed by atoms with Crippen molar-refractivity contribution in [2.75, 3.05) is 13.1 Å². The molecule has 0 spiro atoms. The molecule has 3 nitrogen and oxygen atoms in total. The zero-order valence-corrected chi connectivity index (χ0v) is 10.9. The lowest BCUT2D eigenvalue weighted by atomic mass is 9.94. The van der Waals surface area contributed by atoms with E-state index in [1.165, 1.54) is 12.8 Å². The summed E-state index contributed by atoms with van der Waals surface area (Å²) in [5.74, 6) is 1.33. The van der Waals surface area contributed by atoms with Crippen molar-refractivity contribution in [2.24, 2.45) is 17.6 Å². The van der Waals surface area contributed by atoms with Crippen molar-refractivity contribution >= 4 is 5.91 Å². The molecule has 0 saturated carbocycles. The smallest absolute Gasteiger partial charge is 0.239 e. The third kappa shape index (κ3) is 3.78. The number of nitrogens with zero attached hydrogens (tertiary/aromatic N) is 1. The highest BCUT2D eigenvalue weighted by atomic mass is 16.2. The molecule has 1 aliphatic rings. The van der Waals surface area contributed by atoms with Gasteiger partial charge in [0.1, 0.15) is 0 Å². The molecule has 2 unspecified atom stereocenters. The molecular formula is C13H26N2O. The summed E-state index contributed by atoms with van der Waals surface area (Å²) in [5, 5.41) is 0. The Kier molecular flexibility index (Phi) is 5.26. The lowest BCUT2D eigenvalue weighted by molar-refractivity contribution is -0.134. The number of likely N-dealkylation sites (tertiary alicyclic amines) is 1. The van der Waals surface area contributed by atoms with Crippen LogP contribution >= 0.6 is 0 Å². The molecule has 2 N–H and O–H groups in total. The minimum Gasteiger partial charge on any atom is -0.341 e. The van der Waals surface area contributed by atoms with Gasteiger partial charge >= 0.3 is 0 Å². The normalized spacial score (nSPS) is 23.6.